The number of furan rings is 1. The molecule has 2 aromatic rings. The van der Waals surface area contributed by atoms with Crippen LogP contribution in [0.1, 0.15) is 49.1 Å². The number of piperidine rings is 1. The van der Waals surface area contributed by atoms with Crippen molar-refractivity contribution in [3.05, 3.63) is 48.4 Å². The van der Waals surface area contributed by atoms with Crippen LogP contribution in [0.15, 0.2) is 47.1 Å². The van der Waals surface area contributed by atoms with Crippen molar-refractivity contribution in [2.24, 2.45) is 0 Å². The molecule has 3 N–H and O–H groups in total. The molecule has 4 rings (SSSR count). The monoisotopic (exact) mass is 514 g/mol. The number of alkyl halides is 1. The number of benzene rings is 1. The first-order valence-corrected chi connectivity index (χ1v) is 12.3. The van der Waals surface area contributed by atoms with Gasteiger partial charge in [0.15, 0.2) is 11.5 Å². The molecule has 3 amide bonds. The first-order valence-electron chi connectivity index (χ1n) is 12.3. The second-order valence-corrected chi connectivity index (χ2v) is 9.36. The summed E-state index contributed by atoms with van der Waals surface area (Å²) in [7, 11) is 1.10. The quantitative estimate of drug-likeness (QED) is 0.494. The molecule has 0 radical (unpaired) electrons. The first-order chi connectivity index (χ1) is 17.8. The maximum absolute atomic E-state index is 13.4. The van der Waals surface area contributed by atoms with Crippen molar-refractivity contribution in [2.75, 3.05) is 30.4 Å². The number of rotatable bonds is 8. The molecule has 1 aromatic heterocycles. The number of nitrogens with one attached hydrogen (secondary N) is 3. The molecule has 10 nitrogen and oxygen atoms in total. The molecule has 2 aliphatic rings. The Bertz CT molecular complexity index is 1110. The zero-order valence-corrected chi connectivity index (χ0v) is 20.6. The van der Waals surface area contributed by atoms with E-state index in [1.807, 2.05) is 4.90 Å². The van der Waals surface area contributed by atoms with Gasteiger partial charge in [0.2, 0.25) is 5.91 Å². The van der Waals surface area contributed by atoms with Crippen molar-refractivity contribution in [1.29, 1.82) is 0 Å². The Morgan fingerprint density at radius 1 is 1.14 bits per heavy atom. The maximum Gasteiger partial charge on any atom is 0.287 e. The lowest BCUT2D eigenvalue weighted by atomic mass is 9.80. The van der Waals surface area contributed by atoms with Gasteiger partial charge in [0, 0.05) is 25.0 Å². The summed E-state index contributed by atoms with van der Waals surface area (Å²) in [6.45, 7) is 0.614. The number of halogens is 1. The third-order valence-corrected chi connectivity index (χ3v) is 6.88. The van der Waals surface area contributed by atoms with Gasteiger partial charge in [-0.2, -0.15) is 0 Å². The third-order valence-electron chi connectivity index (χ3n) is 6.88. The fourth-order valence-electron chi connectivity index (χ4n) is 4.81. The number of Topliss-reactive ketones (excluding diaryl/α,β-unsaturated/α-hetero) is 1. The van der Waals surface area contributed by atoms with Gasteiger partial charge < -0.3 is 30.0 Å². The van der Waals surface area contributed by atoms with Crippen LogP contribution in [-0.2, 0) is 19.1 Å². The van der Waals surface area contributed by atoms with Crippen LogP contribution in [0.3, 0.4) is 0 Å². The Labute approximate surface area is 213 Å². The van der Waals surface area contributed by atoms with Crippen molar-refractivity contribution in [2.45, 2.75) is 56.5 Å². The molecule has 1 saturated carbocycles. The van der Waals surface area contributed by atoms with E-state index < -0.39 is 29.8 Å². The summed E-state index contributed by atoms with van der Waals surface area (Å²) in [5.74, 6) is -1.71. The highest BCUT2D eigenvalue weighted by atomic mass is 19.1. The molecule has 0 bridgehead atoms. The highest BCUT2D eigenvalue weighted by Gasteiger charge is 2.43. The van der Waals surface area contributed by atoms with E-state index in [4.69, 9.17) is 4.42 Å². The van der Waals surface area contributed by atoms with Crippen molar-refractivity contribution >= 4 is 34.9 Å². The predicted octanol–water partition coefficient (Wildman–Crippen LogP) is 2.56. The molecule has 2 unspecified atom stereocenters. The fourth-order valence-corrected chi connectivity index (χ4v) is 4.81. The number of carbonyl (C=O) groups excluding carboxylic acids is 4. The Morgan fingerprint density at radius 3 is 2.49 bits per heavy atom. The molecule has 1 aliphatic carbocycles. The largest absolute Gasteiger partial charge is 0.459 e. The molecule has 2 atom stereocenters. The lowest BCUT2D eigenvalue weighted by Crippen LogP contribution is -2.63. The number of methoxy groups -OCH3 is 1. The first kappa shape index (κ1) is 26.3. The Balaban J connectivity index is 1.36. The van der Waals surface area contributed by atoms with Crippen LogP contribution in [0.2, 0.25) is 0 Å². The minimum Gasteiger partial charge on any atom is -0.459 e. The van der Waals surface area contributed by atoms with Gasteiger partial charge in [-0.1, -0.05) is 19.3 Å². The normalized spacial score (nSPS) is 20.1. The number of hydrogen-bond donors (Lipinski definition) is 3. The van der Waals surface area contributed by atoms with Gasteiger partial charge >= 0.3 is 0 Å². The summed E-state index contributed by atoms with van der Waals surface area (Å²) >= 11 is 0. The van der Waals surface area contributed by atoms with Gasteiger partial charge in [-0.05, 0) is 55.7 Å². The van der Waals surface area contributed by atoms with Gasteiger partial charge in [0.05, 0.1) is 18.8 Å². The van der Waals surface area contributed by atoms with E-state index in [-0.39, 0.29) is 24.0 Å². The lowest BCUT2D eigenvalue weighted by Gasteiger charge is -2.39. The van der Waals surface area contributed by atoms with Crippen LogP contribution in [0.4, 0.5) is 15.8 Å². The SMILES string of the molecule is COC(F)C(=O)Nc1ccc(N2CCC(NC(=O)C3(NC(=O)c4ccco4)CCCCC3)C(=O)C2)cc1. The van der Waals surface area contributed by atoms with E-state index in [1.54, 1.807) is 36.4 Å². The third kappa shape index (κ3) is 6.16. The van der Waals surface area contributed by atoms with E-state index in [9.17, 15) is 23.6 Å². The molecule has 2 fully saturated rings. The van der Waals surface area contributed by atoms with Crippen LogP contribution >= 0.6 is 0 Å². The van der Waals surface area contributed by atoms with Gasteiger partial charge in [-0.25, -0.2) is 4.39 Å². The summed E-state index contributed by atoms with van der Waals surface area (Å²) in [6, 6.07) is 9.18. The zero-order chi connectivity index (χ0) is 26.4. The Morgan fingerprint density at radius 2 is 1.86 bits per heavy atom. The molecular weight excluding hydrogens is 483 g/mol. The number of hydrogen-bond acceptors (Lipinski definition) is 7. The molecule has 11 heteroatoms. The smallest absolute Gasteiger partial charge is 0.287 e. The van der Waals surface area contributed by atoms with E-state index in [0.29, 0.717) is 31.5 Å². The number of anilines is 2. The average molecular weight is 515 g/mol. The summed E-state index contributed by atoms with van der Waals surface area (Å²) in [5.41, 5.74) is 0.0757. The number of amides is 3. The fraction of sp³-hybridized carbons (Fsp3) is 0.462. The summed E-state index contributed by atoms with van der Waals surface area (Å²) in [6.07, 6.45) is 3.31. The van der Waals surface area contributed by atoms with E-state index in [0.717, 1.165) is 32.1 Å². The van der Waals surface area contributed by atoms with Gasteiger partial charge in [0.1, 0.15) is 5.54 Å². The second-order valence-electron chi connectivity index (χ2n) is 9.36. The molecule has 37 heavy (non-hydrogen) atoms. The Kier molecular flexibility index (Phi) is 8.22. The molecular formula is C26H31FN4O6. The number of carbonyl (C=O) groups is 4. The summed E-state index contributed by atoms with van der Waals surface area (Å²) < 4.78 is 22.8. The molecule has 1 aliphatic heterocycles. The summed E-state index contributed by atoms with van der Waals surface area (Å²) in [5, 5.41) is 8.18. The molecule has 2 heterocycles. The van der Waals surface area contributed by atoms with Gasteiger partial charge in [-0.3, -0.25) is 19.2 Å². The van der Waals surface area contributed by atoms with Crippen molar-refractivity contribution in [3.63, 3.8) is 0 Å². The number of ether oxygens (including phenoxy) is 1. The van der Waals surface area contributed by atoms with E-state index in [2.05, 4.69) is 20.7 Å². The molecule has 1 aromatic carbocycles. The Hall–Kier alpha value is -3.73. The highest BCUT2D eigenvalue weighted by Crippen LogP contribution is 2.30. The second kappa shape index (κ2) is 11.5. The minimum atomic E-state index is -2.06. The van der Waals surface area contributed by atoms with Crippen LogP contribution in [0.5, 0.6) is 0 Å². The molecule has 1 saturated heterocycles. The van der Waals surface area contributed by atoms with Crippen LogP contribution in [-0.4, -0.2) is 61.6 Å². The van der Waals surface area contributed by atoms with Crippen molar-refractivity contribution in [3.8, 4) is 0 Å². The highest BCUT2D eigenvalue weighted by molar-refractivity contribution is 6.00. The van der Waals surface area contributed by atoms with E-state index >= 15 is 0 Å². The van der Waals surface area contributed by atoms with Crippen molar-refractivity contribution < 1.29 is 32.7 Å². The average Bonchev–Trinajstić information content (AvgIpc) is 3.46. The van der Waals surface area contributed by atoms with Crippen molar-refractivity contribution in [1.82, 2.24) is 10.6 Å². The standard InChI is InChI=1S/C26H31FN4O6/c1-36-22(27)24(34)28-17-7-9-18(10-8-17)31-14-11-19(20(32)16-31)29-25(35)26(12-3-2-4-13-26)30-23(33)21-6-5-15-37-21/h5-10,15,19,22H,2-4,11-14,16H2,1H3,(H,28,34)(H,29,35)(H,30,33). The topological polar surface area (TPSA) is 130 Å². The zero-order valence-electron chi connectivity index (χ0n) is 20.6. The van der Waals surface area contributed by atoms with E-state index in [1.165, 1.54) is 6.26 Å². The molecule has 0 spiro atoms. The predicted molar refractivity (Wildman–Crippen MR) is 133 cm³/mol. The van der Waals surface area contributed by atoms with Crippen LogP contribution in [0.25, 0.3) is 0 Å². The summed E-state index contributed by atoms with van der Waals surface area (Å²) in [4.78, 5) is 52.5. The lowest BCUT2D eigenvalue weighted by molar-refractivity contribution is -0.135. The minimum absolute atomic E-state index is 0.0959. The van der Waals surface area contributed by atoms with Gasteiger partial charge in [0.25, 0.3) is 18.2 Å². The molecule has 198 valence electrons. The maximum atomic E-state index is 13.4. The number of nitrogens with zero attached hydrogens (tertiary/aromatic N) is 1. The number of ketones is 1. The van der Waals surface area contributed by atoms with Crippen LogP contribution < -0.4 is 20.9 Å². The van der Waals surface area contributed by atoms with Gasteiger partial charge in [-0.15, -0.1) is 0 Å². The van der Waals surface area contributed by atoms with Crippen LogP contribution in [0, 0.1) is 0 Å².